The monoisotopic (exact) mass is 257 g/mol. The fourth-order valence-electron chi connectivity index (χ4n) is 1.50. The molecule has 0 spiro atoms. The highest BCUT2D eigenvalue weighted by molar-refractivity contribution is 7.99. The van der Waals surface area contributed by atoms with Crippen LogP contribution < -0.4 is 0 Å². The highest BCUT2D eigenvalue weighted by Gasteiger charge is 2.12. The number of thioether (sulfide) groups is 1. The predicted octanol–water partition coefficient (Wildman–Crippen LogP) is 2.14. The number of rotatable bonds is 5. The highest BCUT2D eigenvalue weighted by atomic mass is 32.2. The van der Waals surface area contributed by atoms with Gasteiger partial charge in [0.05, 0.1) is 11.8 Å². The molecule has 2 heterocycles. The van der Waals surface area contributed by atoms with Gasteiger partial charge in [0, 0.05) is 24.5 Å². The van der Waals surface area contributed by atoms with E-state index in [-0.39, 0.29) is 0 Å². The minimum absolute atomic E-state index is 0.353. The Labute approximate surface area is 109 Å². The molecule has 2 aromatic rings. The van der Waals surface area contributed by atoms with Gasteiger partial charge in [0.15, 0.2) is 11.0 Å². The van der Waals surface area contributed by atoms with Crippen molar-refractivity contribution in [3.05, 3.63) is 37.2 Å². The Balaban J connectivity index is 2.39. The molecule has 90 valence electrons. The third-order valence-electron chi connectivity index (χ3n) is 2.23. The summed E-state index contributed by atoms with van der Waals surface area (Å²) in [5, 5.41) is 17.6. The lowest BCUT2D eigenvalue weighted by Gasteiger charge is -2.06. The maximum atomic E-state index is 8.62. The summed E-state index contributed by atoms with van der Waals surface area (Å²) in [5.41, 5.74) is 0.947. The molecule has 0 saturated carbocycles. The van der Waals surface area contributed by atoms with E-state index in [4.69, 9.17) is 5.26 Å². The summed E-state index contributed by atoms with van der Waals surface area (Å²) >= 11 is 1.37. The first-order valence-corrected chi connectivity index (χ1v) is 6.29. The molecular formula is C12H11N5S. The van der Waals surface area contributed by atoms with Crippen molar-refractivity contribution in [2.75, 3.05) is 5.75 Å². The zero-order valence-corrected chi connectivity index (χ0v) is 10.5. The van der Waals surface area contributed by atoms with E-state index in [1.54, 1.807) is 18.5 Å². The van der Waals surface area contributed by atoms with E-state index < -0.39 is 0 Å². The molecule has 0 aromatic carbocycles. The van der Waals surface area contributed by atoms with Crippen molar-refractivity contribution in [2.24, 2.45) is 0 Å². The first kappa shape index (κ1) is 12.3. The second kappa shape index (κ2) is 5.98. The lowest BCUT2D eigenvalue weighted by atomic mass is 10.2. The van der Waals surface area contributed by atoms with E-state index in [1.165, 1.54) is 11.8 Å². The number of hydrogen-bond acceptors (Lipinski definition) is 5. The van der Waals surface area contributed by atoms with Gasteiger partial charge < -0.3 is 0 Å². The molecule has 2 rings (SSSR count). The van der Waals surface area contributed by atoms with Crippen molar-refractivity contribution in [3.63, 3.8) is 0 Å². The number of nitrogens with zero attached hydrogens (tertiary/aromatic N) is 5. The molecular weight excluding hydrogens is 246 g/mol. The number of allylic oxidation sites excluding steroid dienone is 1. The SMILES string of the molecule is C=CCn1c(SCC#N)nnc1-c1ccncc1. The Bertz CT molecular complexity index is 570. The van der Waals surface area contributed by atoms with Crippen LogP contribution in [0.4, 0.5) is 0 Å². The average Bonchev–Trinajstić information content (AvgIpc) is 2.81. The minimum atomic E-state index is 0.353. The van der Waals surface area contributed by atoms with E-state index in [0.717, 1.165) is 16.5 Å². The fourth-order valence-corrected chi connectivity index (χ4v) is 2.11. The predicted molar refractivity (Wildman–Crippen MR) is 69.8 cm³/mol. The van der Waals surface area contributed by atoms with E-state index in [0.29, 0.717) is 12.3 Å². The summed E-state index contributed by atoms with van der Waals surface area (Å²) in [5.74, 6) is 1.11. The number of aromatic nitrogens is 4. The van der Waals surface area contributed by atoms with Gasteiger partial charge >= 0.3 is 0 Å². The molecule has 2 aromatic heterocycles. The van der Waals surface area contributed by atoms with Gasteiger partial charge in [-0.05, 0) is 12.1 Å². The molecule has 0 atom stereocenters. The third kappa shape index (κ3) is 2.57. The summed E-state index contributed by atoms with van der Waals surface area (Å²) in [4.78, 5) is 3.98. The Kier molecular flexibility index (Phi) is 4.10. The quantitative estimate of drug-likeness (QED) is 0.606. The molecule has 0 aliphatic carbocycles. The maximum Gasteiger partial charge on any atom is 0.192 e. The van der Waals surface area contributed by atoms with Crippen LogP contribution in [-0.4, -0.2) is 25.5 Å². The normalized spacial score (nSPS) is 9.94. The Hall–Kier alpha value is -2.13. The van der Waals surface area contributed by atoms with Crippen molar-refractivity contribution in [1.82, 2.24) is 19.7 Å². The molecule has 0 bridgehead atoms. The number of nitriles is 1. The van der Waals surface area contributed by atoms with Crippen LogP contribution in [0.25, 0.3) is 11.4 Å². The second-order valence-electron chi connectivity index (χ2n) is 3.39. The molecule has 0 radical (unpaired) electrons. The topological polar surface area (TPSA) is 67.4 Å². The standard InChI is InChI=1S/C12H11N5S/c1-2-8-17-11(10-3-6-14-7-4-10)15-16-12(17)18-9-5-13/h2-4,6-7H,1,8-9H2. The van der Waals surface area contributed by atoms with Crippen molar-refractivity contribution in [3.8, 4) is 17.5 Å². The summed E-state index contributed by atoms with van der Waals surface area (Å²) < 4.78 is 1.93. The van der Waals surface area contributed by atoms with E-state index >= 15 is 0 Å². The van der Waals surface area contributed by atoms with Gasteiger partial charge in [0.1, 0.15) is 0 Å². The molecule has 0 fully saturated rings. The lowest BCUT2D eigenvalue weighted by molar-refractivity contribution is 0.732. The molecule has 0 amide bonds. The van der Waals surface area contributed by atoms with Crippen molar-refractivity contribution in [2.45, 2.75) is 11.7 Å². The lowest BCUT2D eigenvalue weighted by Crippen LogP contribution is -2.00. The maximum absolute atomic E-state index is 8.62. The van der Waals surface area contributed by atoms with Crippen LogP contribution in [0.15, 0.2) is 42.3 Å². The summed E-state index contributed by atoms with van der Waals surface area (Å²) in [7, 11) is 0. The molecule has 5 nitrogen and oxygen atoms in total. The minimum Gasteiger partial charge on any atom is -0.298 e. The first-order valence-electron chi connectivity index (χ1n) is 5.31. The zero-order valence-electron chi connectivity index (χ0n) is 9.65. The Morgan fingerprint density at radius 1 is 1.39 bits per heavy atom. The van der Waals surface area contributed by atoms with Gasteiger partial charge in [-0.15, -0.1) is 16.8 Å². The van der Waals surface area contributed by atoms with E-state index in [2.05, 4.69) is 27.8 Å². The van der Waals surface area contributed by atoms with E-state index in [1.807, 2.05) is 16.7 Å². The summed E-state index contributed by atoms with van der Waals surface area (Å²) in [6.07, 6.45) is 5.21. The van der Waals surface area contributed by atoms with Crippen molar-refractivity contribution in [1.29, 1.82) is 5.26 Å². The molecule has 6 heteroatoms. The van der Waals surface area contributed by atoms with Gasteiger partial charge in [0.25, 0.3) is 0 Å². The molecule has 0 unspecified atom stereocenters. The summed E-state index contributed by atoms with van der Waals surface area (Å²) in [6.45, 7) is 4.34. The Morgan fingerprint density at radius 2 is 2.17 bits per heavy atom. The average molecular weight is 257 g/mol. The fraction of sp³-hybridized carbons (Fsp3) is 0.167. The first-order chi connectivity index (χ1) is 8.86. The van der Waals surface area contributed by atoms with Crippen LogP contribution in [-0.2, 0) is 6.54 Å². The van der Waals surface area contributed by atoms with E-state index in [9.17, 15) is 0 Å². The van der Waals surface area contributed by atoms with Crippen molar-refractivity contribution >= 4 is 11.8 Å². The van der Waals surface area contributed by atoms with Gasteiger partial charge in [0.2, 0.25) is 0 Å². The molecule has 0 saturated heterocycles. The highest BCUT2D eigenvalue weighted by Crippen LogP contribution is 2.23. The number of hydrogen-bond donors (Lipinski definition) is 0. The van der Waals surface area contributed by atoms with Crippen molar-refractivity contribution < 1.29 is 0 Å². The van der Waals surface area contributed by atoms with Gasteiger partial charge in [-0.2, -0.15) is 5.26 Å². The van der Waals surface area contributed by atoms with Crippen LogP contribution in [0.3, 0.4) is 0 Å². The van der Waals surface area contributed by atoms with Crippen LogP contribution in [0.1, 0.15) is 0 Å². The van der Waals surface area contributed by atoms with Crippen LogP contribution in [0, 0.1) is 11.3 Å². The molecule has 0 aliphatic heterocycles. The Morgan fingerprint density at radius 3 is 2.83 bits per heavy atom. The molecule has 18 heavy (non-hydrogen) atoms. The molecule has 0 aliphatic rings. The van der Waals surface area contributed by atoms with Gasteiger partial charge in [-0.1, -0.05) is 17.8 Å². The van der Waals surface area contributed by atoms with Crippen LogP contribution >= 0.6 is 11.8 Å². The van der Waals surface area contributed by atoms with Gasteiger partial charge in [-0.3, -0.25) is 9.55 Å². The summed E-state index contributed by atoms with van der Waals surface area (Å²) in [6, 6.07) is 5.84. The number of pyridine rings is 1. The third-order valence-corrected chi connectivity index (χ3v) is 3.07. The zero-order chi connectivity index (χ0) is 12.8. The molecule has 0 N–H and O–H groups in total. The second-order valence-corrected chi connectivity index (χ2v) is 4.33. The van der Waals surface area contributed by atoms with Crippen LogP contribution in [0.2, 0.25) is 0 Å². The van der Waals surface area contributed by atoms with Gasteiger partial charge in [-0.25, -0.2) is 0 Å². The smallest absolute Gasteiger partial charge is 0.192 e. The largest absolute Gasteiger partial charge is 0.298 e. The van der Waals surface area contributed by atoms with Crippen LogP contribution in [0.5, 0.6) is 0 Å².